The topological polar surface area (TPSA) is 91.8 Å². The van der Waals surface area contributed by atoms with Crippen molar-refractivity contribution in [3.63, 3.8) is 0 Å². The zero-order valence-electron chi connectivity index (χ0n) is 12.3. The molecule has 21 heavy (non-hydrogen) atoms. The van der Waals surface area contributed by atoms with Crippen LogP contribution in [0.15, 0.2) is 29.4 Å². The average Bonchev–Trinajstić information content (AvgIpc) is 3.06. The van der Waals surface area contributed by atoms with E-state index >= 15 is 0 Å². The van der Waals surface area contributed by atoms with E-state index in [0.29, 0.717) is 19.5 Å². The molecule has 0 aromatic carbocycles. The summed E-state index contributed by atoms with van der Waals surface area (Å²) in [6.07, 6.45) is 3.91. The molecule has 0 spiro atoms. The molecule has 0 saturated carbocycles. The Morgan fingerprint density at radius 1 is 1.43 bits per heavy atom. The summed E-state index contributed by atoms with van der Waals surface area (Å²) < 4.78 is 28.6. The first kappa shape index (κ1) is 15.7. The van der Waals surface area contributed by atoms with Crippen LogP contribution in [-0.4, -0.2) is 36.3 Å². The number of hydrogen-bond acceptors (Lipinski definition) is 4. The summed E-state index contributed by atoms with van der Waals surface area (Å²) in [5, 5.41) is 7.35. The average molecular weight is 311 g/mol. The van der Waals surface area contributed by atoms with E-state index in [1.54, 1.807) is 10.7 Å². The van der Waals surface area contributed by atoms with Gasteiger partial charge in [0.25, 0.3) is 0 Å². The van der Waals surface area contributed by atoms with Gasteiger partial charge in [0.1, 0.15) is 0 Å². The first-order valence-electron chi connectivity index (χ1n) is 6.87. The van der Waals surface area contributed by atoms with Gasteiger partial charge in [0.2, 0.25) is 10.0 Å². The Morgan fingerprint density at radius 3 is 2.90 bits per heavy atom. The third kappa shape index (κ3) is 4.42. The van der Waals surface area contributed by atoms with Gasteiger partial charge in [-0.15, -0.1) is 0 Å². The Labute approximate surface area is 124 Å². The number of aromatic nitrogens is 3. The number of aryl methyl sites for hydroxylation is 1. The third-order valence-corrected chi connectivity index (χ3v) is 4.47. The van der Waals surface area contributed by atoms with Gasteiger partial charge in [0.15, 0.2) is 0 Å². The van der Waals surface area contributed by atoms with Crippen LogP contribution in [0.25, 0.3) is 0 Å². The fourth-order valence-electron chi connectivity index (χ4n) is 1.93. The lowest BCUT2D eigenvalue weighted by molar-refractivity contribution is 0.581. The number of nitrogens with one attached hydrogen (secondary N) is 3. The molecule has 0 atom stereocenters. The van der Waals surface area contributed by atoms with Crippen molar-refractivity contribution in [2.24, 2.45) is 7.05 Å². The fraction of sp³-hybridized carbons (Fsp3) is 0.462. The predicted octanol–water partition coefficient (Wildman–Crippen LogP) is 0.379. The monoisotopic (exact) mass is 311 g/mol. The highest BCUT2D eigenvalue weighted by atomic mass is 32.2. The third-order valence-electron chi connectivity index (χ3n) is 3.03. The molecule has 0 aliphatic carbocycles. The van der Waals surface area contributed by atoms with E-state index in [-0.39, 0.29) is 4.90 Å². The van der Waals surface area contributed by atoms with Gasteiger partial charge in [0.05, 0.1) is 10.6 Å². The first-order chi connectivity index (χ1) is 10.0. The van der Waals surface area contributed by atoms with Gasteiger partial charge in [0, 0.05) is 44.6 Å². The fourth-order valence-corrected chi connectivity index (χ4v) is 2.98. The Balaban J connectivity index is 1.90. The molecule has 2 rings (SSSR count). The summed E-state index contributed by atoms with van der Waals surface area (Å²) >= 11 is 0. The molecular formula is C13H21N5O2S. The van der Waals surface area contributed by atoms with Crippen molar-refractivity contribution in [3.8, 4) is 0 Å². The predicted molar refractivity (Wildman–Crippen MR) is 80.3 cm³/mol. The van der Waals surface area contributed by atoms with Crippen molar-refractivity contribution >= 4 is 10.0 Å². The van der Waals surface area contributed by atoms with E-state index in [1.807, 2.05) is 26.2 Å². The van der Waals surface area contributed by atoms with E-state index in [2.05, 4.69) is 20.1 Å². The molecule has 8 heteroatoms. The molecule has 0 bridgehead atoms. The molecule has 0 radical (unpaired) electrons. The molecule has 7 nitrogen and oxygen atoms in total. The molecule has 2 aromatic rings. The number of sulfonamides is 1. The van der Waals surface area contributed by atoms with E-state index in [0.717, 1.165) is 17.9 Å². The lowest BCUT2D eigenvalue weighted by atomic mass is 10.3. The first-order valence-corrected chi connectivity index (χ1v) is 8.36. The molecule has 2 heterocycles. The molecule has 0 aliphatic heterocycles. The van der Waals surface area contributed by atoms with Crippen LogP contribution in [0.2, 0.25) is 0 Å². The second-order valence-corrected chi connectivity index (χ2v) is 6.54. The Morgan fingerprint density at radius 2 is 2.24 bits per heavy atom. The van der Waals surface area contributed by atoms with Gasteiger partial charge < -0.3 is 10.3 Å². The van der Waals surface area contributed by atoms with E-state index in [1.165, 1.54) is 6.20 Å². The molecule has 3 N–H and O–H groups in total. The quantitative estimate of drug-likeness (QED) is 0.657. The lowest BCUT2D eigenvalue weighted by Gasteiger charge is -2.03. The van der Waals surface area contributed by atoms with E-state index in [4.69, 9.17) is 0 Å². The minimum atomic E-state index is -3.47. The molecule has 116 valence electrons. The van der Waals surface area contributed by atoms with Crippen LogP contribution in [0.1, 0.15) is 18.3 Å². The number of nitrogens with zero attached hydrogens (tertiary/aromatic N) is 2. The van der Waals surface area contributed by atoms with Crippen LogP contribution in [0.4, 0.5) is 0 Å². The van der Waals surface area contributed by atoms with Crippen molar-refractivity contribution in [2.45, 2.75) is 24.8 Å². The van der Waals surface area contributed by atoms with Crippen LogP contribution < -0.4 is 10.0 Å². The SMILES string of the molecule is CCNCc1cc(S(=O)(=O)NCCc2ccn(C)n2)c[nH]1. The highest BCUT2D eigenvalue weighted by Gasteiger charge is 2.15. The smallest absolute Gasteiger partial charge is 0.242 e. The largest absolute Gasteiger partial charge is 0.363 e. The molecule has 0 amide bonds. The second-order valence-electron chi connectivity index (χ2n) is 4.77. The van der Waals surface area contributed by atoms with Crippen molar-refractivity contribution in [1.29, 1.82) is 0 Å². The summed E-state index contributed by atoms with van der Waals surface area (Å²) in [4.78, 5) is 3.22. The minimum Gasteiger partial charge on any atom is -0.363 e. The van der Waals surface area contributed by atoms with Crippen LogP contribution >= 0.6 is 0 Å². The maximum Gasteiger partial charge on any atom is 0.242 e. The molecule has 2 aromatic heterocycles. The van der Waals surface area contributed by atoms with Crippen molar-refractivity contribution in [1.82, 2.24) is 24.8 Å². The normalized spacial score (nSPS) is 11.9. The standard InChI is InChI=1S/C13H21N5O2S/c1-3-14-9-12-8-13(10-15-12)21(19,20)16-6-4-11-5-7-18(2)17-11/h5,7-8,10,14-16H,3-4,6,9H2,1-2H3. The van der Waals surface area contributed by atoms with Crippen LogP contribution in [0, 0.1) is 0 Å². The lowest BCUT2D eigenvalue weighted by Crippen LogP contribution is -2.25. The summed E-state index contributed by atoms with van der Waals surface area (Å²) in [5.74, 6) is 0. The molecule has 0 unspecified atom stereocenters. The van der Waals surface area contributed by atoms with Crippen LogP contribution in [0.3, 0.4) is 0 Å². The van der Waals surface area contributed by atoms with Gasteiger partial charge in [-0.05, 0) is 18.7 Å². The maximum absolute atomic E-state index is 12.1. The van der Waals surface area contributed by atoms with Crippen molar-refractivity contribution in [2.75, 3.05) is 13.1 Å². The Kier molecular flexibility index (Phi) is 5.16. The summed E-state index contributed by atoms with van der Waals surface area (Å²) in [6, 6.07) is 3.52. The molecular weight excluding hydrogens is 290 g/mol. The van der Waals surface area contributed by atoms with Gasteiger partial charge in [-0.3, -0.25) is 4.68 Å². The van der Waals surface area contributed by atoms with Crippen molar-refractivity contribution < 1.29 is 8.42 Å². The summed E-state index contributed by atoms with van der Waals surface area (Å²) in [7, 11) is -1.64. The highest BCUT2D eigenvalue weighted by molar-refractivity contribution is 7.89. The van der Waals surface area contributed by atoms with Crippen LogP contribution in [0.5, 0.6) is 0 Å². The van der Waals surface area contributed by atoms with E-state index < -0.39 is 10.0 Å². The van der Waals surface area contributed by atoms with E-state index in [9.17, 15) is 8.42 Å². The number of rotatable bonds is 8. The number of aromatic amines is 1. The second kappa shape index (κ2) is 6.88. The zero-order valence-corrected chi connectivity index (χ0v) is 13.1. The van der Waals surface area contributed by atoms with Gasteiger partial charge in [-0.2, -0.15) is 5.10 Å². The summed E-state index contributed by atoms with van der Waals surface area (Å²) in [5.41, 5.74) is 1.71. The minimum absolute atomic E-state index is 0.261. The molecule has 0 fully saturated rings. The Hall–Kier alpha value is -1.64. The molecule has 0 aliphatic rings. The number of H-pyrrole nitrogens is 1. The number of hydrogen-bond donors (Lipinski definition) is 3. The van der Waals surface area contributed by atoms with Crippen LogP contribution in [-0.2, 0) is 30.0 Å². The highest BCUT2D eigenvalue weighted by Crippen LogP contribution is 2.10. The molecule has 0 saturated heterocycles. The maximum atomic E-state index is 12.1. The van der Waals surface area contributed by atoms with Crippen molar-refractivity contribution in [3.05, 3.63) is 35.9 Å². The van der Waals surface area contributed by atoms with Gasteiger partial charge in [-0.25, -0.2) is 13.1 Å². The zero-order chi connectivity index (χ0) is 15.3. The van der Waals surface area contributed by atoms with Gasteiger partial charge >= 0.3 is 0 Å². The van der Waals surface area contributed by atoms with Gasteiger partial charge in [-0.1, -0.05) is 6.92 Å². The summed E-state index contributed by atoms with van der Waals surface area (Å²) in [6.45, 7) is 3.79. The Bertz CT molecular complexity index is 674.